The van der Waals surface area contributed by atoms with E-state index < -0.39 is 0 Å². The molecule has 0 spiro atoms. The molecule has 18 heavy (non-hydrogen) atoms. The van der Waals surface area contributed by atoms with Gasteiger partial charge in [0.25, 0.3) is 0 Å². The van der Waals surface area contributed by atoms with E-state index in [1.165, 1.54) is 0 Å². The van der Waals surface area contributed by atoms with E-state index in [0.717, 1.165) is 30.8 Å². The maximum absolute atomic E-state index is 5.33. The Bertz CT molecular complexity index is 538. The molecule has 1 N–H and O–H groups in total. The van der Waals surface area contributed by atoms with Crippen molar-refractivity contribution in [1.82, 2.24) is 14.8 Å². The van der Waals surface area contributed by atoms with E-state index >= 15 is 0 Å². The zero-order chi connectivity index (χ0) is 13.0. The van der Waals surface area contributed by atoms with Gasteiger partial charge in [-0.15, -0.1) is 0 Å². The summed E-state index contributed by atoms with van der Waals surface area (Å²) in [5.41, 5.74) is 1.11. The smallest absolute Gasteiger partial charge is 0.195 e. The van der Waals surface area contributed by atoms with Crippen molar-refractivity contribution in [2.45, 2.75) is 33.2 Å². The Morgan fingerprint density at radius 3 is 2.50 bits per heavy atom. The van der Waals surface area contributed by atoms with Gasteiger partial charge in [-0.3, -0.25) is 9.67 Å². The topological polar surface area (TPSA) is 33.6 Å². The highest BCUT2D eigenvalue weighted by Crippen LogP contribution is 2.20. The molecule has 1 heterocycles. The molecule has 0 unspecified atom stereocenters. The van der Waals surface area contributed by atoms with Crippen LogP contribution in [0.15, 0.2) is 30.3 Å². The van der Waals surface area contributed by atoms with Crippen LogP contribution in [0.4, 0.5) is 0 Å². The first-order valence-electron chi connectivity index (χ1n) is 6.46. The second-order valence-electron chi connectivity index (χ2n) is 4.51. The molecule has 0 saturated heterocycles. The number of aromatic nitrogens is 3. The third kappa shape index (κ3) is 2.70. The second-order valence-corrected chi connectivity index (χ2v) is 4.90. The van der Waals surface area contributed by atoms with E-state index in [4.69, 9.17) is 12.2 Å². The summed E-state index contributed by atoms with van der Waals surface area (Å²) < 4.78 is 2.82. The van der Waals surface area contributed by atoms with E-state index in [2.05, 4.69) is 40.7 Å². The fourth-order valence-corrected chi connectivity index (χ4v) is 2.31. The minimum Gasteiger partial charge on any atom is -0.300 e. The summed E-state index contributed by atoms with van der Waals surface area (Å²) in [6.07, 6.45) is 2.33. The molecule has 0 radical (unpaired) electrons. The van der Waals surface area contributed by atoms with Gasteiger partial charge >= 0.3 is 0 Å². The lowest BCUT2D eigenvalue weighted by Gasteiger charge is -2.14. The van der Waals surface area contributed by atoms with Crippen LogP contribution in [0.25, 0.3) is 11.4 Å². The Balaban J connectivity index is 2.36. The van der Waals surface area contributed by atoms with Crippen molar-refractivity contribution in [1.29, 1.82) is 0 Å². The van der Waals surface area contributed by atoms with Crippen LogP contribution in [0.1, 0.15) is 26.7 Å². The molecule has 0 aliphatic heterocycles. The van der Waals surface area contributed by atoms with Gasteiger partial charge in [0.05, 0.1) is 0 Å². The molecule has 0 saturated carbocycles. The van der Waals surface area contributed by atoms with Gasteiger partial charge in [0.15, 0.2) is 10.6 Å². The molecule has 0 aliphatic rings. The summed E-state index contributed by atoms with van der Waals surface area (Å²) in [5.74, 6) is 1.59. The molecule has 0 aliphatic carbocycles. The number of nitrogens with one attached hydrogen (secondary N) is 1. The highest BCUT2D eigenvalue weighted by molar-refractivity contribution is 7.71. The minimum atomic E-state index is 0.650. The monoisotopic (exact) mass is 261 g/mol. The van der Waals surface area contributed by atoms with E-state index in [-0.39, 0.29) is 0 Å². The van der Waals surface area contributed by atoms with Crippen LogP contribution in [0.3, 0.4) is 0 Å². The Morgan fingerprint density at radius 1 is 1.22 bits per heavy atom. The van der Waals surface area contributed by atoms with Gasteiger partial charge in [0, 0.05) is 12.1 Å². The number of benzene rings is 1. The lowest BCUT2D eigenvalue weighted by atomic mass is 10.0. The van der Waals surface area contributed by atoms with Crippen molar-refractivity contribution in [3.05, 3.63) is 35.1 Å². The third-order valence-electron chi connectivity index (χ3n) is 3.39. The summed E-state index contributed by atoms with van der Waals surface area (Å²) in [6, 6.07) is 10.2. The fraction of sp³-hybridized carbons (Fsp3) is 0.429. The van der Waals surface area contributed by atoms with Gasteiger partial charge in [-0.25, -0.2) is 0 Å². The van der Waals surface area contributed by atoms with Crippen molar-refractivity contribution >= 4 is 12.2 Å². The van der Waals surface area contributed by atoms with Crippen molar-refractivity contribution < 1.29 is 0 Å². The maximum Gasteiger partial charge on any atom is 0.195 e. The molecule has 0 atom stereocenters. The first-order valence-corrected chi connectivity index (χ1v) is 6.87. The van der Waals surface area contributed by atoms with Crippen LogP contribution < -0.4 is 0 Å². The number of hydrogen-bond donors (Lipinski definition) is 1. The van der Waals surface area contributed by atoms with Gasteiger partial charge in [0.2, 0.25) is 0 Å². The third-order valence-corrected chi connectivity index (χ3v) is 3.70. The first-order chi connectivity index (χ1) is 8.76. The molecule has 96 valence electrons. The molecular weight excluding hydrogens is 242 g/mol. The van der Waals surface area contributed by atoms with Crippen molar-refractivity contribution in [3.63, 3.8) is 0 Å². The lowest BCUT2D eigenvalue weighted by molar-refractivity contribution is 0.418. The van der Waals surface area contributed by atoms with Crippen molar-refractivity contribution in [2.75, 3.05) is 0 Å². The van der Waals surface area contributed by atoms with Crippen LogP contribution in [0, 0.1) is 10.7 Å². The highest BCUT2D eigenvalue weighted by Gasteiger charge is 2.12. The molecule has 0 fully saturated rings. The number of H-pyrrole nitrogens is 1. The largest absolute Gasteiger partial charge is 0.300 e. The van der Waals surface area contributed by atoms with Gasteiger partial charge < -0.3 is 0 Å². The summed E-state index contributed by atoms with van der Waals surface area (Å²) >= 11 is 5.33. The Labute approximate surface area is 113 Å². The normalized spacial score (nSPS) is 11.1. The summed E-state index contributed by atoms with van der Waals surface area (Å²) in [7, 11) is 0. The van der Waals surface area contributed by atoms with Crippen molar-refractivity contribution in [2.24, 2.45) is 5.92 Å². The molecule has 3 nitrogen and oxygen atoms in total. The number of aromatic amines is 1. The number of nitrogens with zero attached hydrogens (tertiary/aromatic N) is 2. The van der Waals surface area contributed by atoms with E-state index in [1.54, 1.807) is 0 Å². The number of hydrogen-bond acceptors (Lipinski definition) is 2. The van der Waals surface area contributed by atoms with Gasteiger partial charge in [-0.05, 0) is 18.1 Å². The lowest BCUT2D eigenvalue weighted by Crippen LogP contribution is -2.10. The van der Waals surface area contributed by atoms with Gasteiger partial charge in [-0.1, -0.05) is 57.0 Å². The Hall–Kier alpha value is -1.42. The van der Waals surface area contributed by atoms with Crippen LogP contribution in [0.5, 0.6) is 0 Å². The summed E-state index contributed by atoms with van der Waals surface area (Å²) in [4.78, 5) is 0. The van der Waals surface area contributed by atoms with Crippen molar-refractivity contribution in [3.8, 4) is 11.4 Å². The van der Waals surface area contributed by atoms with Crippen LogP contribution in [-0.4, -0.2) is 14.8 Å². The molecule has 0 bridgehead atoms. The zero-order valence-corrected chi connectivity index (χ0v) is 11.7. The van der Waals surface area contributed by atoms with Crippen LogP contribution in [0.2, 0.25) is 0 Å². The Morgan fingerprint density at radius 2 is 1.89 bits per heavy atom. The van der Waals surface area contributed by atoms with E-state index in [9.17, 15) is 0 Å². The quantitative estimate of drug-likeness (QED) is 0.824. The second kappa shape index (κ2) is 5.96. The predicted molar refractivity (Wildman–Crippen MR) is 76.9 cm³/mol. The molecule has 4 heteroatoms. The average molecular weight is 261 g/mol. The molecular formula is C14H19N3S. The SMILES string of the molecule is CCC(CC)Cn1c(-c2ccccc2)n[nH]c1=S. The molecule has 1 aromatic carbocycles. The van der Waals surface area contributed by atoms with Gasteiger partial charge in [0.1, 0.15) is 0 Å². The Kier molecular flexibility index (Phi) is 4.31. The maximum atomic E-state index is 5.33. The molecule has 2 rings (SSSR count). The number of rotatable bonds is 5. The summed E-state index contributed by atoms with van der Waals surface area (Å²) in [5, 5.41) is 7.26. The van der Waals surface area contributed by atoms with Crippen LogP contribution in [-0.2, 0) is 6.54 Å². The molecule has 2 aromatic rings. The molecule has 1 aromatic heterocycles. The zero-order valence-electron chi connectivity index (χ0n) is 10.9. The van der Waals surface area contributed by atoms with E-state index in [0.29, 0.717) is 10.7 Å². The summed E-state index contributed by atoms with van der Waals surface area (Å²) in [6.45, 7) is 5.38. The predicted octanol–water partition coefficient (Wildman–Crippen LogP) is 4.04. The van der Waals surface area contributed by atoms with Gasteiger partial charge in [-0.2, -0.15) is 5.10 Å². The standard InChI is InChI=1S/C14H19N3S/c1-3-11(4-2)10-17-13(15-16-14(17)18)12-8-6-5-7-9-12/h5-9,11H,3-4,10H2,1-2H3,(H,16,18). The first kappa shape index (κ1) is 13.0. The fourth-order valence-electron chi connectivity index (χ4n) is 2.10. The average Bonchev–Trinajstić information content (AvgIpc) is 2.78. The van der Waals surface area contributed by atoms with E-state index in [1.807, 2.05) is 18.2 Å². The highest BCUT2D eigenvalue weighted by atomic mass is 32.1. The van der Waals surface area contributed by atoms with Crippen LogP contribution >= 0.6 is 12.2 Å². The molecule has 0 amide bonds. The minimum absolute atomic E-state index is 0.650.